The topological polar surface area (TPSA) is 174 Å². The molecular weight excluding hydrogens is 500 g/mol. The van der Waals surface area contributed by atoms with Gasteiger partial charge in [0.25, 0.3) is 0 Å². The Labute approximate surface area is 224 Å². The Balaban J connectivity index is 5.58. The molecule has 0 rings (SSSR count). The molecule has 0 saturated heterocycles. The average Bonchev–Trinajstić information content (AvgIpc) is 2.76. The van der Waals surface area contributed by atoms with Crippen LogP contribution in [-0.2, 0) is 24.0 Å². The molecule has 0 aliphatic heterocycles. The molecule has 0 heterocycles. The number of amides is 4. The number of aliphatic carboxylic acids is 1. The van der Waals surface area contributed by atoms with Crippen LogP contribution in [0.4, 0.5) is 0 Å². The normalized spacial score (nSPS) is 15.5. The summed E-state index contributed by atoms with van der Waals surface area (Å²) in [5, 5.41) is 30.6. The summed E-state index contributed by atoms with van der Waals surface area (Å²) in [5.41, 5.74) is 0. The fourth-order valence-electron chi connectivity index (χ4n) is 3.70. The molecule has 0 unspecified atom stereocenters. The first-order valence-corrected chi connectivity index (χ1v) is 14.1. The molecule has 6 N–H and O–H groups in total. The van der Waals surface area contributed by atoms with E-state index in [1.54, 1.807) is 27.7 Å². The van der Waals surface area contributed by atoms with E-state index in [1.165, 1.54) is 18.7 Å². The van der Waals surface area contributed by atoms with Crippen molar-refractivity contribution in [3.63, 3.8) is 0 Å². The minimum absolute atomic E-state index is 0.0646. The SMILES string of the molecule is CSCC[C@H](NC(=O)[C@@H](NC(C)=O)C(C)C)C(=O)N[C@@H](CC(C)C)[C@@H](O)CC(=O)N[C@H](C(=O)O)C(C)C. The number of thioether (sulfide) groups is 1. The van der Waals surface area contributed by atoms with Gasteiger partial charge in [-0.15, -0.1) is 0 Å². The third kappa shape index (κ3) is 13.7. The predicted octanol–water partition coefficient (Wildman–Crippen LogP) is 0.892. The van der Waals surface area contributed by atoms with Gasteiger partial charge in [0, 0.05) is 6.92 Å². The van der Waals surface area contributed by atoms with Gasteiger partial charge in [0.1, 0.15) is 18.1 Å². The first-order chi connectivity index (χ1) is 17.1. The number of aliphatic hydroxyl groups excluding tert-OH is 1. The molecule has 0 aliphatic carbocycles. The summed E-state index contributed by atoms with van der Waals surface area (Å²) in [5.74, 6) is -3.08. The zero-order valence-corrected chi connectivity index (χ0v) is 24.1. The van der Waals surface area contributed by atoms with Crippen LogP contribution < -0.4 is 21.3 Å². The Kier molecular flexibility index (Phi) is 16.1. The maximum absolute atomic E-state index is 13.2. The van der Waals surface area contributed by atoms with Gasteiger partial charge in [-0.1, -0.05) is 41.5 Å². The molecule has 4 amide bonds. The highest BCUT2D eigenvalue weighted by Crippen LogP contribution is 2.13. The maximum Gasteiger partial charge on any atom is 0.326 e. The molecule has 0 aromatic rings. The molecule has 0 bridgehead atoms. The van der Waals surface area contributed by atoms with Gasteiger partial charge in [0.15, 0.2) is 0 Å². The van der Waals surface area contributed by atoms with Gasteiger partial charge in [-0.3, -0.25) is 19.2 Å². The fraction of sp³-hybridized carbons (Fsp3) is 0.800. The smallest absolute Gasteiger partial charge is 0.326 e. The zero-order valence-electron chi connectivity index (χ0n) is 23.3. The maximum atomic E-state index is 13.2. The molecule has 0 fully saturated rings. The molecule has 12 heteroatoms. The second-order valence-electron chi connectivity index (χ2n) is 10.4. The van der Waals surface area contributed by atoms with Crippen molar-refractivity contribution in [3.8, 4) is 0 Å². The van der Waals surface area contributed by atoms with E-state index >= 15 is 0 Å². The second-order valence-corrected chi connectivity index (χ2v) is 11.4. The number of carboxylic acids is 1. The number of carbonyl (C=O) groups excluding carboxylic acids is 4. The highest BCUT2D eigenvalue weighted by Gasteiger charge is 2.32. The van der Waals surface area contributed by atoms with E-state index in [0.29, 0.717) is 18.6 Å². The Morgan fingerprint density at radius 2 is 1.38 bits per heavy atom. The van der Waals surface area contributed by atoms with E-state index in [1.807, 2.05) is 20.1 Å². The third-order valence-corrected chi connectivity index (χ3v) is 6.36. The molecule has 0 aromatic carbocycles. The molecule has 5 atom stereocenters. The van der Waals surface area contributed by atoms with E-state index in [-0.39, 0.29) is 23.7 Å². The number of carboxylic acid groups (broad SMARTS) is 1. The lowest BCUT2D eigenvalue weighted by atomic mass is 9.96. The Hall–Kier alpha value is -2.34. The van der Waals surface area contributed by atoms with Gasteiger partial charge in [0.05, 0.1) is 18.6 Å². The minimum Gasteiger partial charge on any atom is -0.480 e. The third-order valence-electron chi connectivity index (χ3n) is 5.71. The van der Waals surface area contributed by atoms with Crippen LogP contribution in [0.15, 0.2) is 0 Å². The van der Waals surface area contributed by atoms with Crippen LogP contribution in [0.5, 0.6) is 0 Å². The van der Waals surface area contributed by atoms with E-state index in [9.17, 15) is 34.2 Å². The summed E-state index contributed by atoms with van der Waals surface area (Å²) < 4.78 is 0. The summed E-state index contributed by atoms with van der Waals surface area (Å²) in [7, 11) is 0. The van der Waals surface area contributed by atoms with E-state index < -0.39 is 60.4 Å². The first-order valence-electron chi connectivity index (χ1n) is 12.7. The summed E-state index contributed by atoms with van der Waals surface area (Å²) in [6.45, 7) is 12.0. The lowest BCUT2D eigenvalue weighted by molar-refractivity contribution is -0.143. The first kappa shape index (κ1) is 34.7. The van der Waals surface area contributed by atoms with Crippen molar-refractivity contribution in [3.05, 3.63) is 0 Å². The number of rotatable bonds is 17. The van der Waals surface area contributed by atoms with Crippen LogP contribution in [0.2, 0.25) is 0 Å². The minimum atomic E-state index is -1.27. The van der Waals surface area contributed by atoms with Crippen molar-refractivity contribution in [1.82, 2.24) is 21.3 Å². The summed E-state index contributed by atoms with van der Waals surface area (Å²) >= 11 is 1.50. The van der Waals surface area contributed by atoms with E-state index in [0.717, 1.165) is 0 Å². The highest BCUT2D eigenvalue weighted by molar-refractivity contribution is 7.98. The van der Waals surface area contributed by atoms with E-state index in [2.05, 4.69) is 21.3 Å². The van der Waals surface area contributed by atoms with Gasteiger partial charge in [-0.25, -0.2) is 4.79 Å². The average molecular weight is 547 g/mol. The largest absolute Gasteiger partial charge is 0.480 e. The van der Waals surface area contributed by atoms with Crippen LogP contribution in [0, 0.1) is 17.8 Å². The van der Waals surface area contributed by atoms with Gasteiger partial charge in [-0.05, 0) is 42.6 Å². The van der Waals surface area contributed by atoms with Crippen molar-refractivity contribution in [2.45, 2.75) is 98.0 Å². The predicted molar refractivity (Wildman–Crippen MR) is 144 cm³/mol. The monoisotopic (exact) mass is 546 g/mol. The number of hydrogen-bond acceptors (Lipinski definition) is 7. The van der Waals surface area contributed by atoms with Gasteiger partial charge >= 0.3 is 5.97 Å². The quantitative estimate of drug-likeness (QED) is 0.156. The molecule has 0 aromatic heterocycles. The summed E-state index contributed by atoms with van der Waals surface area (Å²) in [6, 6.07) is -3.62. The van der Waals surface area contributed by atoms with Gasteiger partial charge in [-0.2, -0.15) is 11.8 Å². The van der Waals surface area contributed by atoms with Crippen molar-refractivity contribution < 1.29 is 34.2 Å². The van der Waals surface area contributed by atoms with Crippen molar-refractivity contribution in [2.75, 3.05) is 12.0 Å². The number of nitrogens with one attached hydrogen (secondary N) is 4. The lowest BCUT2D eigenvalue weighted by Crippen LogP contribution is -2.57. The van der Waals surface area contributed by atoms with Crippen LogP contribution in [0.1, 0.15) is 67.7 Å². The molecule has 0 radical (unpaired) electrons. The summed E-state index contributed by atoms with van der Waals surface area (Å²) in [6.07, 6.45) is 0.886. The van der Waals surface area contributed by atoms with Gasteiger partial charge in [0.2, 0.25) is 23.6 Å². The van der Waals surface area contributed by atoms with Crippen LogP contribution >= 0.6 is 11.8 Å². The molecule has 0 aliphatic rings. The Bertz CT molecular complexity index is 776. The van der Waals surface area contributed by atoms with Crippen molar-refractivity contribution in [2.24, 2.45) is 17.8 Å². The van der Waals surface area contributed by atoms with Crippen molar-refractivity contribution in [1.29, 1.82) is 0 Å². The molecule has 214 valence electrons. The fourth-order valence-corrected chi connectivity index (χ4v) is 4.17. The highest BCUT2D eigenvalue weighted by atomic mass is 32.2. The number of carbonyl (C=O) groups is 5. The van der Waals surface area contributed by atoms with Crippen LogP contribution in [0.3, 0.4) is 0 Å². The van der Waals surface area contributed by atoms with Crippen molar-refractivity contribution >= 4 is 41.4 Å². The number of aliphatic hydroxyl groups is 1. The van der Waals surface area contributed by atoms with Crippen LogP contribution in [0.25, 0.3) is 0 Å². The molecule has 37 heavy (non-hydrogen) atoms. The Morgan fingerprint density at radius 1 is 0.811 bits per heavy atom. The molecule has 0 spiro atoms. The molecule has 0 saturated carbocycles. The van der Waals surface area contributed by atoms with Gasteiger partial charge < -0.3 is 31.5 Å². The summed E-state index contributed by atoms with van der Waals surface area (Å²) in [4.78, 5) is 61.5. The zero-order chi connectivity index (χ0) is 28.9. The van der Waals surface area contributed by atoms with E-state index in [4.69, 9.17) is 0 Å². The Morgan fingerprint density at radius 3 is 1.81 bits per heavy atom. The second kappa shape index (κ2) is 17.2. The van der Waals surface area contributed by atoms with Crippen LogP contribution in [-0.4, -0.2) is 82.1 Å². The number of hydrogen-bond donors (Lipinski definition) is 6. The standard InChI is InChI=1S/C25H46N4O7S/c1-13(2)11-18(19(31)12-20(32)29-22(15(5)6)25(35)36)28-23(33)17(9-10-37-8)27-24(34)21(14(3)4)26-16(7)30/h13-15,17-19,21-22,31H,9-12H2,1-8H3,(H,26,30)(H,27,34)(H,28,33)(H,29,32)(H,35,36)/t17-,18-,19-,21-,22-/m0/s1. The lowest BCUT2D eigenvalue weighted by Gasteiger charge is -2.29. The molecular formula is C25H46N4O7S. The molecule has 11 nitrogen and oxygen atoms in total.